The number of aliphatic hydroxyl groups is 2. The third kappa shape index (κ3) is 5.69. The molecule has 0 aliphatic rings. The molecule has 1 heterocycles. The van der Waals surface area contributed by atoms with Crippen LogP contribution in [0.3, 0.4) is 0 Å². The Bertz CT molecular complexity index is 1170. The predicted molar refractivity (Wildman–Crippen MR) is 128 cm³/mol. The van der Waals surface area contributed by atoms with E-state index in [1.807, 2.05) is 24.3 Å². The molecule has 33 heavy (non-hydrogen) atoms. The molecule has 2 aromatic carbocycles. The number of ether oxygens (including phenoxy) is 1. The summed E-state index contributed by atoms with van der Waals surface area (Å²) >= 11 is 0. The van der Waals surface area contributed by atoms with Crippen LogP contribution in [0.1, 0.15) is 48.0 Å². The molecular formula is C26H30N2O5. The van der Waals surface area contributed by atoms with Crippen LogP contribution in [0.4, 0.5) is 4.79 Å². The quantitative estimate of drug-likeness (QED) is 0.507. The van der Waals surface area contributed by atoms with Crippen LogP contribution >= 0.6 is 0 Å². The van der Waals surface area contributed by atoms with Crippen LogP contribution in [-0.4, -0.2) is 45.5 Å². The van der Waals surface area contributed by atoms with Crippen LogP contribution < -0.4 is 5.32 Å². The van der Waals surface area contributed by atoms with Gasteiger partial charge in [0.15, 0.2) is 0 Å². The molecule has 1 aromatic heterocycles. The third-order valence-electron chi connectivity index (χ3n) is 5.07. The lowest BCUT2D eigenvalue weighted by molar-refractivity contribution is 0.0543. The molecule has 3 aromatic rings. The van der Waals surface area contributed by atoms with Gasteiger partial charge in [-0.2, -0.15) is 0 Å². The number of carbonyl (C=O) groups excluding carboxylic acids is 2. The van der Waals surface area contributed by atoms with Crippen LogP contribution in [0.2, 0.25) is 0 Å². The minimum absolute atomic E-state index is 0.177. The summed E-state index contributed by atoms with van der Waals surface area (Å²) < 4.78 is 7.13. The number of hydrogen-bond donors (Lipinski definition) is 3. The normalized spacial score (nSPS) is 11.8. The van der Waals surface area contributed by atoms with E-state index in [4.69, 9.17) is 4.74 Å². The standard InChI is InChI=1S/C26H30N2O5/c1-26(2,3)33-25(32)28-22-12-7-6-11-20(22)21(23(28)13-8-16-29)14-15-27-24(31)19-10-5-4-9-18(19)17-30/h4-13,29-30H,14-17H2,1-3H3,(H,27,31)/b13-8+. The maximum atomic E-state index is 13.1. The van der Waals surface area contributed by atoms with Crippen molar-refractivity contribution in [2.45, 2.75) is 39.4 Å². The maximum absolute atomic E-state index is 13.1. The van der Waals surface area contributed by atoms with Crippen molar-refractivity contribution in [2.75, 3.05) is 13.2 Å². The van der Waals surface area contributed by atoms with Crippen LogP contribution in [0.15, 0.2) is 54.6 Å². The number of nitrogens with one attached hydrogen (secondary N) is 1. The van der Waals surface area contributed by atoms with Gasteiger partial charge in [0.25, 0.3) is 5.91 Å². The first-order valence-corrected chi connectivity index (χ1v) is 10.9. The summed E-state index contributed by atoms with van der Waals surface area (Å²) in [5.41, 5.74) is 2.46. The first kappa shape index (κ1) is 24.2. The number of fused-ring (bicyclic) bond motifs is 1. The molecule has 7 nitrogen and oxygen atoms in total. The van der Waals surface area contributed by atoms with E-state index in [0.717, 1.165) is 10.9 Å². The lowest BCUT2D eigenvalue weighted by Crippen LogP contribution is -2.28. The van der Waals surface area contributed by atoms with Gasteiger partial charge in [0.05, 0.1) is 24.4 Å². The Kier molecular flexibility index (Phi) is 7.68. The van der Waals surface area contributed by atoms with E-state index >= 15 is 0 Å². The van der Waals surface area contributed by atoms with Crippen molar-refractivity contribution < 1.29 is 24.5 Å². The highest BCUT2D eigenvalue weighted by atomic mass is 16.6. The van der Waals surface area contributed by atoms with Gasteiger partial charge in [0.1, 0.15) is 5.60 Å². The molecule has 7 heteroatoms. The Morgan fingerprint density at radius 1 is 1.06 bits per heavy atom. The summed E-state index contributed by atoms with van der Waals surface area (Å²) in [6.07, 6.45) is 3.20. The molecule has 0 radical (unpaired) electrons. The highest BCUT2D eigenvalue weighted by Gasteiger charge is 2.24. The monoisotopic (exact) mass is 450 g/mol. The summed E-state index contributed by atoms with van der Waals surface area (Å²) in [7, 11) is 0. The zero-order chi connectivity index (χ0) is 24.0. The number of nitrogens with zero attached hydrogens (tertiary/aromatic N) is 1. The number of amides is 1. The van der Waals surface area contributed by atoms with Crippen molar-refractivity contribution >= 4 is 29.0 Å². The largest absolute Gasteiger partial charge is 0.443 e. The maximum Gasteiger partial charge on any atom is 0.419 e. The number of para-hydroxylation sites is 1. The Labute approximate surface area is 193 Å². The van der Waals surface area contributed by atoms with Crippen molar-refractivity contribution in [3.05, 3.63) is 77.0 Å². The Morgan fingerprint density at radius 2 is 1.76 bits per heavy atom. The van der Waals surface area contributed by atoms with Crippen molar-refractivity contribution in [3.63, 3.8) is 0 Å². The fraction of sp³-hybridized carbons (Fsp3) is 0.308. The SMILES string of the molecule is CC(C)(C)OC(=O)n1c(/C=C/CO)c(CCNC(=O)c2ccccc2CO)c2ccccc21. The number of aromatic nitrogens is 1. The van der Waals surface area contributed by atoms with E-state index in [1.54, 1.807) is 57.2 Å². The minimum Gasteiger partial charge on any atom is -0.443 e. The molecular weight excluding hydrogens is 420 g/mol. The topological polar surface area (TPSA) is 101 Å². The van der Waals surface area contributed by atoms with Crippen molar-refractivity contribution in [1.29, 1.82) is 0 Å². The first-order valence-electron chi connectivity index (χ1n) is 10.9. The first-order chi connectivity index (χ1) is 15.8. The van der Waals surface area contributed by atoms with Crippen LogP contribution in [0, 0.1) is 0 Å². The molecule has 1 amide bonds. The average molecular weight is 451 g/mol. The molecule has 0 fully saturated rings. The van der Waals surface area contributed by atoms with E-state index in [-0.39, 0.29) is 19.1 Å². The fourth-order valence-corrected chi connectivity index (χ4v) is 3.71. The van der Waals surface area contributed by atoms with E-state index in [1.165, 1.54) is 4.57 Å². The van der Waals surface area contributed by atoms with Crippen molar-refractivity contribution in [1.82, 2.24) is 9.88 Å². The van der Waals surface area contributed by atoms with Crippen molar-refractivity contribution in [2.24, 2.45) is 0 Å². The molecule has 3 rings (SSSR count). The van der Waals surface area contributed by atoms with Gasteiger partial charge in [-0.3, -0.25) is 4.79 Å². The zero-order valence-electron chi connectivity index (χ0n) is 19.2. The van der Waals surface area contributed by atoms with Gasteiger partial charge in [-0.05, 0) is 56.5 Å². The molecule has 0 saturated carbocycles. The minimum atomic E-state index is -0.672. The third-order valence-corrected chi connectivity index (χ3v) is 5.07. The average Bonchev–Trinajstić information content (AvgIpc) is 3.09. The van der Waals surface area contributed by atoms with Gasteiger partial charge in [0.2, 0.25) is 0 Å². The van der Waals surface area contributed by atoms with Crippen LogP contribution in [0.25, 0.3) is 17.0 Å². The van der Waals surface area contributed by atoms with Gasteiger partial charge in [-0.25, -0.2) is 9.36 Å². The lowest BCUT2D eigenvalue weighted by Gasteiger charge is -2.20. The Hall–Kier alpha value is -3.42. The van der Waals surface area contributed by atoms with E-state index < -0.39 is 11.7 Å². The highest BCUT2D eigenvalue weighted by Crippen LogP contribution is 2.29. The molecule has 0 saturated heterocycles. The number of carbonyl (C=O) groups is 2. The number of hydrogen-bond acceptors (Lipinski definition) is 5. The molecule has 0 unspecified atom stereocenters. The van der Waals surface area contributed by atoms with Gasteiger partial charge < -0.3 is 20.3 Å². The zero-order valence-corrected chi connectivity index (χ0v) is 19.2. The van der Waals surface area contributed by atoms with Crippen LogP contribution in [-0.2, 0) is 17.8 Å². The van der Waals surface area contributed by atoms with Gasteiger partial charge in [-0.1, -0.05) is 42.5 Å². The molecule has 0 aliphatic heterocycles. The molecule has 0 spiro atoms. The fourth-order valence-electron chi connectivity index (χ4n) is 3.71. The predicted octanol–water partition coefficient (Wildman–Crippen LogP) is 3.89. The summed E-state index contributed by atoms with van der Waals surface area (Å²) in [6.45, 7) is 5.34. The molecule has 0 bridgehead atoms. The molecule has 0 atom stereocenters. The van der Waals surface area contributed by atoms with Gasteiger partial charge in [0, 0.05) is 17.5 Å². The van der Waals surface area contributed by atoms with Crippen LogP contribution in [0.5, 0.6) is 0 Å². The number of aliphatic hydroxyl groups excluding tert-OH is 2. The Balaban J connectivity index is 1.94. The van der Waals surface area contributed by atoms with E-state index in [9.17, 15) is 19.8 Å². The number of benzene rings is 2. The van der Waals surface area contributed by atoms with Gasteiger partial charge >= 0.3 is 6.09 Å². The highest BCUT2D eigenvalue weighted by molar-refractivity contribution is 5.97. The second kappa shape index (κ2) is 10.5. The molecule has 3 N–H and O–H groups in total. The summed E-state index contributed by atoms with van der Waals surface area (Å²) in [4.78, 5) is 25.7. The second-order valence-electron chi connectivity index (χ2n) is 8.60. The number of rotatable bonds is 7. The van der Waals surface area contributed by atoms with E-state index in [2.05, 4.69) is 5.32 Å². The lowest BCUT2D eigenvalue weighted by atomic mass is 10.1. The second-order valence-corrected chi connectivity index (χ2v) is 8.60. The summed E-state index contributed by atoms with van der Waals surface area (Å²) in [5.74, 6) is -0.275. The van der Waals surface area contributed by atoms with E-state index in [0.29, 0.717) is 35.3 Å². The molecule has 0 aliphatic carbocycles. The smallest absolute Gasteiger partial charge is 0.419 e. The van der Waals surface area contributed by atoms with Gasteiger partial charge in [-0.15, -0.1) is 0 Å². The summed E-state index contributed by atoms with van der Waals surface area (Å²) in [6, 6.07) is 14.4. The molecule has 174 valence electrons. The summed E-state index contributed by atoms with van der Waals surface area (Å²) in [5, 5.41) is 22.6. The Morgan fingerprint density at radius 3 is 2.45 bits per heavy atom. The van der Waals surface area contributed by atoms with Crippen molar-refractivity contribution in [3.8, 4) is 0 Å².